The summed E-state index contributed by atoms with van der Waals surface area (Å²) in [4.78, 5) is 4.28. The van der Waals surface area contributed by atoms with Crippen molar-refractivity contribution < 1.29 is 4.42 Å². The van der Waals surface area contributed by atoms with Crippen LogP contribution in [0.25, 0.3) is 11.5 Å². The number of hydrogen-bond donors (Lipinski definition) is 1. The van der Waals surface area contributed by atoms with Crippen LogP contribution in [0.2, 0.25) is 5.02 Å². The number of oxazole rings is 1. The van der Waals surface area contributed by atoms with Crippen LogP contribution in [0.4, 0.5) is 5.69 Å². The number of anilines is 1. The summed E-state index contributed by atoms with van der Waals surface area (Å²) in [7, 11) is 0. The lowest BCUT2D eigenvalue weighted by Crippen LogP contribution is -1.86. The predicted molar refractivity (Wildman–Crippen MR) is 60.8 cm³/mol. The van der Waals surface area contributed by atoms with Crippen LogP contribution in [-0.4, -0.2) is 4.98 Å². The lowest BCUT2D eigenvalue weighted by Gasteiger charge is -1.99. The summed E-state index contributed by atoms with van der Waals surface area (Å²) < 4.78 is 5.49. The van der Waals surface area contributed by atoms with Gasteiger partial charge in [0.05, 0.1) is 5.69 Å². The van der Waals surface area contributed by atoms with Crippen LogP contribution >= 0.6 is 11.6 Å². The molecule has 1 aromatic heterocycles. The molecule has 0 radical (unpaired) electrons. The average Bonchev–Trinajstić information content (AvgIpc) is 2.45. The highest BCUT2D eigenvalue weighted by molar-refractivity contribution is 6.31. The number of nitrogens with two attached hydrogens (primary N) is 1. The summed E-state index contributed by atoms with van der Waals surface area (Å²) in [5.74, 6) is 1.36. The summed E-state index contributed by atoms with van der Waals surface area (Å²) >= 11 is 5.90. The van der Waals surface area contributed by atoms with E-state index in [0.29, 0.717) is 16.6 Å². The molecule has 2 N–H and O–H groups in total. The Balaban J connectivity index is 2.53. The van der Waals surface area contributed by atoms with Crippen LogP contribution in [0.15, 0.2) is 22.6 Å². The van der Waals surface area contributed by atoms with Crippen molar-refractivity contribution in [2.75, 3.05) is 5.73 Å². The van der Waals surface area contributed by atoms with E-state index in [0.717, 1.165) is 17.0 Å². The van der Waals surface area contributed by atoms with Gasteiger partial charge in [0, 0.05) is 16.3 Å². The molecule has 0 atom stereocenters. The van der Waals surface area contributed by atoms with Crippen LogP contribution < -0.4 is 5.73 Å². The molecule has 1 heterocycles. The Morgan fingerprint density at radius 3 is 2.53 bits per heavy atom. The van der Waals surface area contributed by atoms with E-state index in [-0.39, 0.29) is 0 Å². The van der Waals surface area contributed by atoms with Gasteiger partial charge in [0.2, 0.25) is 5.89 Å². The first-order valence-electron chi connectivity index (χ1n) is 4.57. The van der Waals surface area contributed by atoms with E-state index in [2.05, 4.69) is 4.98 Å². The zero-order chi connectivity index (χ0) is 11.0. The Labute approximate surface area is 92.9 Å². The van der Waals surface area contributed by atoms with Crippen molar-refractivity contribution in [3.63, 3.8) is 0 Å². The molecule has 3 nitrogen and oxygen atoms in total. The van der Waals surface area contributed by atoms with Crippen LogP contribution in [0, 0.1) is 13.8 Å². The van der Waals surface area contributed by atoms with E-state index in [1.54, 1.807) is 18.2 Å². The van der Waals surface area contributed by atoms with Gasteiger partial charge in [-0.1, -0.05) is 11.6 Å². The van der Waals surface area contributed by atoms with Crippen molar-refractivity contribution in [2.24, 2.45) is 0 Å². The zero-order valence-electron chi connectivity index (χ0n) is 8.54. The van der Waals surface area contributed by atoms with Crippen LogP contribution in [0.1, 0.15) is 11.5 Å². The van der Waals surface area contributed by atoms with Gasteiger partial charge in [0.25, 0.3) is 0 Å². The largest absolute Gasteiger partial charge is 0.441 e. The van der Waals surface area contributed by atoms with Gasteiger partial charge < -0.3 is 10.2 Å². The fourth-order valence-corrected chi connectivity index (χ4v) is 1.58. The van der Waals surface area contributed by atoms with Crippen molar-refractivity contribution in [1.82, 2.24) is 4.98 Å². The standard InChI is InChI=1S/C11H11ClN2O/c1-6-7(2)15-11(14-6)8-3-9(12)5-10(13)4-8/h3-5H,13H2,1-2H3. The molecule has 78 valence electrons. The number of nitrogen functional groups attached to an aromatic ring is 1. The first kappa shape index (κ1) is 10.1. The average molecular weight is 223 g/mol. The monoisotopic (exact) mass is 222 g/mol. The zero-order valence-corrected chi connectivity index (χ0v) is 9.30. The molecule has 0 spiro atoms. The molecule has 0 fully saturated rings. The van der Waals surface area contributed by atoms with E-state index >= 15 is 0 Å². The topological polar surface area (TPSA) is 52.0 Å². The lowest BCUT2D eigenvalue weighted by atomic mass is 10.2. The molecule has 0 unspecified atom stereocenters. The van der Waals surface area contributed by atoms with Gasteiger partial charge in [-0.3, -0.25) is 0 Å². The fraction of sp³-hybridized carbons (Fsp3) is 0.182. The Kier molecular flexibility index (Phi) is 2.40. The maximum absolute atomic E-state index is 5.90. The second-order valence-corrected chi connectivity index (χ2v) is 3.87. The summed E-state index contributed by atoms with van der Waals surface area (Å²) in [5, 5.41) is 0.582. The molecule has 2 aromatic rings. The Morgan fingerprint density at radius 2 is 2.00 bits per heavy atom. The molecular formula is C11H11ClN2O. The molecule has 0 aliphatic heterocycles. The first-order valence-corrected chi connectivity index (χ1v) is 4.94. The highest BCUT2D eigenvalue weighted by Crippen LogP contribution is 2.26. The number of hydrogen-bond acceptors (Lipinski definition) is 3. The first-order chi connectivity index (χ1) is 7.06. The third kappa shape index (κ3) is 1.97. The van der Waals surface area contributed by atoms with Crippen molar-refractivity contribution in [3.8, 4) is 11.5 Å². The molecule has 0 aliphatic rings. The predicted octanol–water partition coefficient (Wildman–Crippen LogP) is 3.19. The normalized spacial score (nSPS) is 10.6. The van der Waals surface area contributed by atoms with Gasteiger partial charge >= 0.3 is 0 Å². The van der Waals surface area contributed by atoms with Gasteiger partial charge in [-0.15, -0.1) is 0 Å². The lowest BCUT2D eigenvalue weighted by molar-refractivity contribution is 0.541. The van der Waals surface area contributed by atoms with Crippen molar-refractivity contribution in [3.05, 3.63) is 34.7 Å². The molecule has 2 rings (SSSR count). The second kappa shape index (κ2) is 3.59. The number of rotatable bonds is 1. The van der Waals surface area contributed by atoms with Crippen LogP contribution in [0.3, 0.4) is 0 Å². The number of benzene rings is 1. The summed E-state index contributed by atoms with van der Waals surface area (Å²) in [5.41, 5.74) is 7.97. The Bertz CT molecular complexity index is 466. The summed E-state index contributed by atoms with van der Waals surface area (Å²) in [6, 6.07) is 5.26. The molecule has 0 bridgehead atoms. The molecule has 0 saturated heterocycles. The maximum atomic E-state index is 5.90. The van der Waals surface area contributed by atoms with E-state index < -0.39 is 0 Å². The Morgan fingerprint density at radius 1 is 1.27 bits per heavy atom. The smallest absolute Gasteiger partial charge is 0.226 e. The van der Waals surface area contributed by atoms with E-state index in [4.69, 9.17) is 21.8 Å². The van der Waals surface area contributed by atoms with Crippen LogP contribution in [-0.2, 0) is 0 Å². The molecule has 0 saturated carbocycles. The maximum Gasteiger partial charge on any atom is 0.226 e. The molecule has 4 heteroatoms. The summed E-state index contributed by atoms with van der Waals surface area (Å²) in [6.45, 7) is 3.77. The Hall–Kier alpha value is -1.48. The van der Waals surface area contributed by atoms with E-state index in [9.17, 15) is 0 Å². The minimum atomic E-state index is 0.555. The third-order valence-corrected chi connectivity index (χ3v) is 2.41. The molecule has 0 amide bonds. The van der Waals surface area contributed by atoms with Crippen molar-refractivity contribution >= 4 is 17.3 Å². The van der Waals surface area contributed by atoms with E-state index in [1.807, 2.05) is 13.8 Å². The van der Waals surface area contributed by atoms with Crippen molar-refractivity contribution in [1.29, 1.82) is 0 Å². The number of halogens is 1. The minimum absolute atomic E-state index is 0.555. The highest BCUT2D eigenvalue weighted by atomic mass is 35.5. The fourth-order valence-electron chi connectivity index (χ4n) is 1.33. The van der Waals surface area contributed by atoms with Gasteiger partial charge in [-0.05, 0) is 32.0 Å². The minimum Gasteiger partial charge on any atom is -0.441 e. The van der Waals surface area contributed by atoms with Gasteiger partial charge in [-0.2, -0.15) is 0 Å². The van der Waals surface area contributed by atoms with Gasteiger partial charge in [0.1, 0.15) is 5.76 Å². The highest BCUT2D eigenvalue weighted by Gasteiger charge is 2.09. The number of nitrogens with zero attached hydrogens (tertiary/aromatic N) is 1. The quantitative estimate of drug-likeness (QED) is 0.754. The molecular weight excluding hydrogens is 212 g/mol. The second-order valence-electron chi connectivity index (χ2n) is 3.43. The molecule has 0 aliphatic carbocycles. The number of aryl methyl sites for hydroxylation is 2. The van der Waals surface area contributed by atoms with Gasteiger partial charge in [-0.25, -0.2) is 4.98 Å². The van der Waals surface area contributed by atoms with Crippen molar-refractivity contribution in [2.45, 2.75) is 13.8 Å². The van der Waals surface area contributed by atoms with Crippen LogP contribution in [0.5, 0.6) is 0 Å². The third-order valence-electron chi connectivity index (χ3n) is 2.20. The van der Waals surface area contributed by atoms with Gasteiger partial charge in [0.15, 0.2) is 0 Å². The summed E-state index contributed by atoms with van der Waals surface area (Å²) in [6.07, 6.45) is 0. The SMILES string of the molecule is Cc1nc(-c2cc(N)cc(Cl)c2)oc1C. The molecule has 15 heavy (non-hydrogen) atoms. The molecule has 1 aromatic carbocycles. The number of aromatic nitrogens is 1. The van der Waals surface area contributed by atoms with E-state index in [1.165, 1.54) is 0 Å².